The number of carbonyl (C=O) groups is 1. The van der Waals surface area contributed by atoms with E-state index in [0.717, 1.165) is 0 Å². The Morgan fingerprint density at radius 2 is 1.69 bits per heavy atom. The van der Waals surface area contributed by atoms with Crippen molar-refractivity contribution < 1.29 is 19.2 Å². The first kappa shape index (κ1) is 22.1. The van der Waals surface area contributed by atoms with Gasteiger partial charge in [0.2, 0.25) is 5.82 Å². The van der Waals surface area contributed by atoms with Gasteiger partial charge in [-0.2, -0.15) is 4.98 Å². The fraction of sp³-hybridized carbons (Fsp3) is 0.450. The van der Waals surface area contributed by atoms with Crippen LogP contribution in [0.15, 0.2) is 30.6 Å². The maximum absolute atomic E-state index is 11.8. The minimum atomic E-state index is -0.527. The summed E-state index contributed by atoms with van der Waals surface area (Å²) >= 11 is 0. The topological polar surface area (TPSA) is 108 Å². The van der Waals surface area contributed by atoms with Crippen LogP contribution >= 0.6 is 0 Å². The number of aromatic nitrogens is 2. The van der Waals surface area contributed by atoms with Gasteiger partial charge in [0.1, 0.15) is 12.1 Å². The number of nitrogens with zero attached hydrogens (tertiary/aromatic N) is 4. The Kier molecular flexibility index (Phi) is 7.46. The summed E-state index contributed by atoms with van der Waals surface area (Å²) < 4.78 is 10.3. The van der Waals surface area contributed by atoms with Crippen molar-refractivity contribution in [1.29, 1.82) is 0 Å². The van der Waals surface area contributed by atoms with Gasteiger partial charge >= 0.3 is 17.5 Å². The van der Waals surface area contributed by atoms with Crippen molar-refractivity contribution in [3.63, 3.8) is 0 Å². The highest BCUT2D eigenvalue weighted by atomic mass is 16.6. The first-order valence-electron chi connectivity index (χ1n) is 9.33. The molecule has 0 radical (unpaired) electrons. The number of esters is 1. The second kappa shape index (κ2) is 9.81. The molecule has 0 aliphatic carbocycles. The summed E-state index contributed by atoms with van der Waals surface area (Å²) in [5.41, 5.74) is 0.0589. The summed E-state index contributed by atoms with van der Waals surface area (Å²) in [4.78, 5) is 32.9. The molecule has 2 aromatic rings. The van der Waals surface area contributed by atoms with Crippen molar-refractivity contribution in [2.75, 3.05) is 25.1 Å². The summed E-state index contributed by atoms with van der Waals surface area (Å²) in [5, 5.41) is 11.8. The van der Waals surface area contributed by atoms with Gasteiger partial charge in [-0.25, -0.2) is 9.78 Å². The number of carbonyl (C=O) groups excluding carboxylic acids is 1. The molecular formula is C20H26N4O5. The van der Waals surface area contributed by atoms with Crippen molar-refractivity contribution in [2.45, 2.75) is 27.7 Å². The highest BCUT2D eigenvalue weighted by Crippen LogP contribution is 2.36. The maximum Gasteiger partial charge on any atom is 0.373 e. The Morgan fingerprint density at radius 1 is 1.10 bits per heavy atom. The van der Waals surface area contributed by atoms with E-state index in [2.05, 4.69) is 14.7 Å². The number of ether oxygens (including phenoxy) is 2. The van der Waals surface area contributed by atoms with Crippen LogP contribution in [0.5, 0.6) is 11.6 Å². The van der Waals surface area contributed by atoms with Crippen molar-refractivity contribution in [2.24, 2.45) is 11.8 Å². The predicted molar refractivity (Wildman–Crippen MR) is 108 cm³/mol. The second-order valence-electron chi connectivity index (χ2n) is 7.42. The molecule has 29 heavy (non-hydrogen) atoms. The molecule has 0 N–H and O–H groups in total. The van der Waals surface area contributed by atoms with Crippen LogP contribution in [-0.2, 0) is 4.74 Å². The molecule has 0 atom stereocenters. The minimum absolute atomic E-state index is 0.150. The van der Waals surface area contributed by atoms with E-state index in [9.17, 15) is 14.9 Å². The van der Waals surface area contributed by atoms with Crippen LogP contribution in [0.2, 0.25) is 0 Å². The molecule has 0 amide bonds. The van der Waals surface area contributed by atoms with Crippen molar-refractivity contribution in [3.8, 4) is 11.6 Å². The summed E-state index contributed by atoms with van der Waals surface area (Å²) in [7, 11) is 1.29. The molecule has 2 rings (SSSR count). The Balaban J connectivity index is 2.41. The molecule has 0 fully saturated rings. The molecule has 0 bridgehead atoms. The minimum Gasteiger partial charge on any atom is -0.465 e. The van der Waals surface area contributed by atoms with Crippen LogP contribution in [0.4, 0.5) is 11.5 Å². The first-order valence-corrected chi connectivity index (χ1v) is 9.33. The predicted octanol–water partition coefficient (Wildman–Crippen LogP) is 4.08. The van der Waals surface area contributed by atoms with Crippen molar-refractivity contribution in [3.05, 3.63) is 46.3 Å². The number of methoxy groups -OCH3 is 1. The standard InChI is InChI=1S/C20H26N4O5/c1-13(2)10-23(11-14(3)4)18-17(24(26)27)19(22-12-21-18)29-16-8-6-15(7-9-16)20(25)28-5/h6-9,12-14H,10-11H2,1-5H3. The van der Waals surface area contributed by atoms with Crippen molar-refractivity contribution >= 4 is 17.5 Å². The lowest BCUT2D eigenvalue weighted by molar-refractivity contribution is -0.385. The monoisotopic (exact) mass is 402 g/mol. The Bertz CT molecular complexity index is 842. The van der Waals surface area contributed by atoms with Gasteiger partial charge in [-0.3, -0.25) is 10.1 Å². The first-order chi connectivity index (χ1) is 13.7. The average molecular weight is 402 g/mol. The summed E-state index contributed by atoms with van der Waals surface area (Å²) in [6.45, 7) is 9.40. The number of nitro groups is 1. The summed E-state index contributed by atoms with van der Waals surface area (Å²) in [6.07, 6.45) is 1.26. The van der Waals surface area contributed by atoms with Gasteiger partial charge in [-0.15, -0.1) is 0 Å². The van der Waals surface area contributed by atoms with E-state index in [1.54, 1.807) is 0 Å². The van der Waals surface area contributed by atoms with E-state index < -0.39 is 10.9 Å². The van der Waals surface area contributed by atoms with Gasteiger partial charge in [-0.05, 0) is 36.1 Å². The normalized spacial score (nSPS) is 10.9. The highest BCUT2D eigenvalue weighted by molar-refractivity contribution is 5.89. The van der Waals surface area contributed by atoms with Gasteiger partial charge in [0.15, 0.2) is 0 Å². The van der Waals surface area contributed by atoms with Gasteiger partial charge in [-0.1, -0.05) is 27.7 Å². The lowest BCUT2D eigenvalue weighted by Crippen LogP contribution is -2.32. The molecule has 1 aromatic heterocycles. The van der Waals surface area contributed by atoms with E-state index in [0.29, 0.717) is 36.2 Å². The van der Waals surface area contributed by atoms with Crippen LogP contribution in [-0.4, -0.2) is 41.1 Å². The highest BCUT2D eigenvalue weighted by Gasteiger charge is 2.29. The fourth-order valence-electron chi connectivity index (χ4n) is 2.84. The van der Waals surface area contributed by atoms with Crippen LogP contribution in [0.1, 0.15) is 38.1 Å². The third-order valence-electron chi connectivity index (χ3n) is 3.91. The maximum atomic E-state index is 11.8. The second-order valence-corrected chi connectivity index (χ2v) is 7.42. The van der Waals surface area contributed by atoms with E-state index in [4.69, 9.17) is 4.74 Å². The number of hydrogen-bond donors (Lipinski definition) is 0. The van der Waals surface area contributed by atoms with Crippen molar-refractivity contribution in [1.82, 2.24) is 9.97 Å². The lowest BCUT2D eigenvalue weighted by atomic mass is 10.1. The molecule has 156 valence electrons. The number of rotatable bonds is 9. The third-order valence-corrected chi connectivity index (χ3v) is 3.91. The molecular weight excluding hydrogens is 376 g/mol. The van der Waals surface area contributed by atoms with Crippen LogP contribution in [0.25, 0.3) is 0 Å². The molecule has 1 aromatic carbocycles. The third kappa shape index (κ3) is 5.87. The Labute approximate surface area is 169 Å². The molecule has 9 heteroatoms. The summed E-state index contributed by atoms with van der Waals surface area (Å²) in [6, 6.07) is 6.08. The molecule has 1 heterocycles. The lowest BCUT2D eigenvalue weighted by Gasteiger charge is -2.27. The molecule has 0 saturated carbocycles. The number of benzene rings is 1. The zero-order valence-corrected chi connectivity index (χ0v) is 17.3. The van der Waals surface area contributed by atoms with Gasteiger partial charge < -0.3 is 14.4 Å². The SMILES string of the molecule is COC(=O)c1ccc(Oc2ncnc(N(CC(C)C)CC(C)C)c2[N+](=O)[O-])cc1. The summed E-state index contributed by atoms with van der Waals surface area (Å²) in [5.74, 6) is 0.489. The largest absolute Gasteiger partial charge is 0.465 e. The van der Waals surface area contributed by atoms with E-state index in [1.165, 1.54) is 37.7 Å². The van der Waals surface area contributed by atoms with Crippen LogP contribution < -0.4 is 9.64 Å². The fourth-order valence-corrected chi connectivity index (χ4v) is 2.84. The zero-order chi connectivity index (χ0) is 21.6. The Hall–Kier alpha value is -3.23. The molecule has 9 nitrogen and oxygen atoms in total. The van der Waals surface area contributed by atoms with E-state index in [-0.39, 0.29) is 17.4 Å². The average Bonchev–Trinajstić information content (AvgIpc) is 2.66. The quantitative estimate of drug-likeness (QED) is 0.351. The smallest absolute Gasteiger partial charge is 0.373 e. The molecule has 0 aliphatic rings. The Morgan fingerprint density at radius 3 is 2.17 bits per heavy atom. The van der Waals surface area contributed by atoms with Gasteiger partial charge in [0, 0.05) is 13.1 Å². The van der Waals surface area contributed by atoms with E-state index >= 15 is 0 Å². The molecule has 0 aliphatic heterocycles. The molecule has 0 unspecified atom stereocenters. The van der Waals surface area contributed by atoms with E-state index in [1.807, 2.05) is 32.6 Å². The number of hydrogen-bond acceptors (Lipinski definition) is 8. The zero-order valence-electron chi connectivity index (χ0n) is 17.3. The van der Waals surface area contributed by atoms with Gasteiger partial charge in [0.05, 0.1) is 17.6 Å². The van der Waals surface area contributed by atoms with Crippen LogP contribution in [0.3, 0.4) is 0 Å². The van der Waals surface area contributed by atoms with Crippen LogP contribution in [0, 0.1) is 22.0 Å². The number of anilines is 1. The molecule has 0 spiro atoms. The molecule has 0 saturated heterocycles. The van der Waals surface area contributed by atoms with Gasteiger partial charge in [0.25, 0.3) is 0 Å².